The second-order valence-electron chi connectivity index (χ2n) is 4.58. The van der Waals surface area contributed by atoms with E-state index >= 15 is 0 Å². The molecule has 0 aliphatic carbocycles. The number of hydrogen-bond donors (Lipinski definition) is 1. The predicted octanol–water partition coefficient (Wildman–Crippen LogP) is 1.32. The molecule has 1 spiro atoms. The summed E-state index contributed by atoms with van der Waals surface area (Å²) in [5.41, 5.74) is 0.0240. The maximum atomic E-state index is 6.33. The van der Waals surface area contributed by atoms with Crippen LogP contribution >= 0.6 is 0 Å². The van der Waals surface area contributed by atoms with E-state index in [4.69, 9.17) is 9.47 Å². The van der Waals surface area contributed by atoms with Crippen molar-refractivity contribution in [3.05, 3.63) is 0 Å². The standard InChI is InChI=1S/C11H21NO2/c1-3-10(4-2)7-12-8-11(14-10)5-6-13-9-11/h12H,3-9H2,1-2H3. The average molecular weight is 199 g/mol. The fourth-order valence-corrected chi connectivity index (χ4v) is 2.50. The van der Waals surface area contributed by atoms with Crippen molar-refractivity contribution in [3.63, 3.8) is 0 Å². The van der Waals surface area contributed by atoms with Gasteiger partial charge in [0.2, 0.25) is 0 Å². The molecule has 3 heteroatoms. The lowest BCUT2D eigenvalue weighted by Gasteiger charge is -2.46. The van der Waals surface area contributed by atoms with E-state index in [1.54, 1.807) is 0 Å². The van der Waals surface area contributed by atoms with Crippen molar-refractivity contribution < 1.29 is 9.47 Å². The van der Waals surface area contributed by atoms with E-state index < -0.39 is 0 Å². The minimum atomic E-state index is -0.0235. The average Bonchev–Trinajstić information content (AvgIpc) is 2.66. The number of nitrogens with one attached hydrogen (secondary N) is 1. The molecule has 0 amide bonds. The zero-order chi connectivity index (χ0) is 10.1. The molecule has 1 N–H and O–H groups in total. The van der Waals surface area contributed by atoms with E-state index in [9.17, 15) is 0 Å². The van der Waals surface area contributed by atoms with Crippen LogP contribution in [0.4, 0.5) is 0 Å². The third kappa shape index (κ3) is 1.69. The topological polar surface area (TPSA) is 30.5 Å². The lowest BCUT2D eigenvalue weighted by molar-refractivity contribution is -0.180. The van der Waals surface area contributed by atoms with Gasteiger partial charge in [-0.2, -0.15) is 0 Å². The third-order valence-corrected chi connectivity index (χ3v) is 3.68. The van der Waals surface area contributed by atoms with Crippen LogP contribution in [-0.2, 0) is 9.47 Å². The number of morpholine rings is 1. The van der Waals surface area contributed by atoms with Crippen LogP contribution in [0.25, 0.3) is 0 Å². The molecule has 2 rings (SSSR count). The Morgan fingerprint density at radius 3 is 2.57 bits per heavy atom. The molecule has 0 radical (unpaired) electrons. The molecule has 1 unspecified atom stereocenters. The van der Waals surface area contributed by atoms with Gasteiger partial charge in [0.05, 0.1) is 12.2 Å². The molecule has 2 saturated heterocycles. The first-order chi connectivity index (χ1) is 6.74. The smallest absolute Gasteiger partial charge is 0.107 e. The maximum absolute atomic E-state index is 6.33. The summed E-state index contributed by atoms with van der Waals surface area (Å²) in [6.07, 6.45) is 3.21. The molecule has 0 aromatic rings. The van der Waals surface area contributed by atoms with Crippen molar-refractivity contribution in [1.82, 2.24) is 5.32 Å². The minimum Gasteiger partial charge on any atom is -0.378 e. The van der Waals surface area contributed by atoms with Gasteiger partial charge in [0.1, 0.15) is 5.60 Å². The van der Waals surface area contributed by atoms with Gasteiger partial charge in [-0.3, -0.25) is 0 Å². The summed E-state index contributed by atoms with van der Waals surface area (Å²) in [5, 5.41) is 3.51. The largest absolute Gasteiger partial charge is 0.378 e. The van der Waals surface area contributed by atoms with E-state index in [0.717, 1.165) is 45.6 Å². The molecule has 0 aromatic carbocycles. The Morgan fingerprint density at radius 2 is 2.00 bits per heavy atom. The molecule has 1 atom stereocenters. The first kappa shape index (κ1) is 10.4. The van der Waals surface area contributed by atoms with Crippen LogP contribution in [-0.4, -0.2) is 37.5 Å². The number of ether oxygens (including phenoxy) is 2. The van der Waals surface area contributed by atoms with Crippen molar-refractivity contribution in [3.8, 4) is 0 Å². The summed E-state index contributed by atoms with van der Waals surface area (Å²) < 4.78 is 11.8. The maximum Gasteiger partial charge on any atom is 0.107 e. The molecule has 2 aliphatic heterocycles. The van der Waals surface area contributed by atoms with E-state index in [1.807, 2.05) is 0 Å². The first-order valence-electron chi connectivity index (χ1n) is 5.73. The summed E-state index contributed by atoms with van der Waals surface area (Å²) in [7, 11) is 0. The van der Waals surface area contributed by atoms with Gasteiger partial charge in [-0.15, -0.1) is 0 Å². The first-order valence-corrected chi connectivity index (χ1v) is 5.73. The summed E-state index contributed by atoms with van der Waals surface area (Å²) in [6.45, 7) is 7.98. The normalized spacial score (nSPS) is 36.4. The van der Waals surface area contributed by atoms with Gasteiger partial charge < -0.3 is 14.8 Å². The second-order valence-corrected chi connectivity index (χ2v) is 4.58. The molecule has 3 nitrogen and oxygen atoms in total. The van der Waals surface area contributed by atoms with Crippen molar-refractivity contribution >= 4 is 0 Å². The Kier molecular flexibility index (Phi) is 2.82. The van der Waals surface area contributed by atoms with Crippen LogP contribution < -0.4 is 5.32 Å². The lowest BCUT2D eigenvalue weighted by atomic mass is 9.90. The van der Waals surface area contributed by atoms with E-state index in [2.05, 4.69) is 19.2 Å². The Labute approximate surface area is 86.2 Å². The van der Waals surface area contributed by atoms with E-state index in [0.29, 0.717) is 0 Å². The van der Waals surface area contributed by atoms with Gasteiger partial charge in [0, 0.05) is 26.1 Å². The quantitative estimate of drug-likeness (QED) is 0.727. The van der Waals surface area contributed by atoms with Crippen molar-refractivity contribution in [2.24, 2.45) is 0 Å². The molecule has 2 heterocycles. The van der Waals surface area contributed by atoms with Crippen molar-refractivity contribution in [2.45, 2.75) is 44.3 Å². The highest BCUT2D eigenvalue weighted by atomic mass is 16.6. The molecule has 0 saturated carbocycles. The molecule has 2 aliphatic rings. The zero-order valence-electron chi connectivity index (χ0n) is 9.27. The zero-order valence-corrected chi connectivity index (χ0v) is 9.27. The fourth-order valence-electron chi connectivity index (χ4n) is 2.50. The number of rotatable bonds is 2. The van der Waals surface area contributed by atoms with Crippen LogP contribution in [0, 0.1) is 0 Å². The highest BCUT2D eigenvalue weighted by molar-refractivity contribution is 4.97. The Morgan fingerprint density at radius 1 is 1.21 bits per heavy atom. The molecule has 0 aromatic heterocycles. The lowest BCUT2D eigenvalue weighted by Crippen LogP contribution is -2.60. The summed E-state index contributed by atoms with van der Waals surface area (Å²) in [6, 6.07) is 0. The van der Waals surface area contributed by atoms with Crippen molar-refractivity contribution in [2.75, 3.05) is 26.3 Å². The van der Waals surface area contributed by atoms with Gasteiger partial charge in [0.25, 0.3) is 0 Å². The van der Waals surface area contributed by atoms with Crippen LogP contribution in [0.2, 0.25) is 0 Å². The van der Waals surface area contributed by atoms with Crippen LogP contribution in [0.1, 0.15) is 33.1 Å². The SMILES string of the molecule is CCC1(CC)CNCC2(CCOC2)O1. The van der Waals surface area contributed by atoms with Gasteiger partial charge in [0.15, 0.2) is 0 Å². The van der Waals surface area contributed by atoms with Gasteiger partial charge in [-0.05, 0) is 12.8 Å². The van der Waals surface area contributed by atoms with Gasteiger partial charge in [-0.1, -0.05) is 13.8 Å². The highest BCUT2D eigenvalue weighted by Gasteiger charge is 2.46. The Bertz CT molecular complexity index is 191. The fraction of sp³-hybridized carbons (Fsp3) is 1.00. The molecule has 0 bridgehead atoms. The molecular formula is C11H21NO2. The Hall–Kier alpha value is -0.120. The summed E-state index contributed by atoms with van der Waals surface area (Å²) in [4.78, 5) is 0. The van der Waals surface area contributed by atoms with E-state index in [1.165, 1.54) is 0 Å². The highest BCUT2D eigenvalue weighted by Crippen LogP contribution is 2.34. The minimum absolute atomic E-state index is 0.0235. The van der Waals surface area contributed by atoms with Crippen LogP contribution in [0.3, 0.4) is 0 Å². The van der Waals surface area contributed by atoms with Crippen LogP contribution in [0.5, 0.6) is 0 Å². The monoisotopic (exact) mass is 199 g/mol. The summed E-state index contributed by atoms with van der Waals surface area (Å²) >= 11 is 0. The molecular weight excluding hydrogens is 178 g/mol. The van der Waals surface area contributed by atoms with Crippen molar-refractivity contribution in [1.29, 1.82) is 0 Å². The third-order valence-electron chi connectivity index (χ3n) is 3.68. The van der Waals surface area contributed by atoms with Gasteiger partial charge >= 0.3 is 0 Å². The second kappa shape index (κ2) is 3.80. The molecule has 82 valence electrons. The van der Waals surface area contributed by atoms with Crippen LogP contribution in [0.15, 0.2) is 0 Å². The predicted molar refractivity (Wildman–Crippen MR) is 55.4 cm³/mol. The summed E-state index contributed by atoms with van der Waals surface area (Å²) in [5.74, 6) is 0. The molecule has 2 fully saturated rings. The van der Waals surface area contributed by atoms with Gasteiger partial charge in [-0.25, -0.2) is 0 Å². The number of hydrogen-bond acceptors (Lipinski definition) is 3. The molecule has 14 heavy (non-hydrogen) atoms. The Balaban J connectivity index is 2.09. The van der Waals surface area contributed by atoms with E-state index in [-0.39, 0.29) is 11.2 Å².